The van der Waals surface area contributed by atoms with E-state index in [-0.39, 0.29) is 17.8 Å². The van der Waals surface area contributed by atoms with Crippen LogP contribution in [0.2, 0.25) is 0 Å². The van der Waals surface area contributed by atoms with Gasteiger partial charge in [0.15, 0.2) is 0 Å². The second kappa shape index (κ2) is 5.29. The van der Waals surface area contributed by atoms with E-state index in [2.05, 4.69) is 0 Å². The Labute approximate surface area is 103 Å². The topological polar surface area (TPSA) is 46.3 Å². The second-order valence-electron chi connectivity index (χ2n) is 4.13. The van der Waals surface area contributed by atoms with Crippen LogP contribution in [0, 0.1) is 6.92 Å². The lowest BCUT2D eigenvalue weighted by atomic mass is 10.1. The van der Waals surface area contributed by atoms with Crippen LogP contribution < -0.4 is 5.73 Å². The summed E-state index contributed by atoms with van der Waals surface area (Å²) in [5, 5.41) is 0. The molecule has 0 saturated heterocycles. The average Bonchev–Trinajstić information content (AvgIpc) is 2.24. The van der Waals surface area contributed by atoms with Crippen LogP contribution in [0.3, 0.4) is 0 Å². The summed E-state index contributed by atoms with van der Waals surface area (Å²) in [7, 11) is 1.33. The number of carbonyl (C=O) groups excluding carboxylic acids is 1. The number of aryl methyl sites for hydroxylation is 1. The van der Waals surface area contributed by atoms with Crippen molar-refractivity contribution in [2.45, 2.75) is 19.5 Å². The first-order valence-corrected chi connectivity index (χ1v) is 5.39. The number of alkyl halides is 3. The van der Waals surface area contributed by atoms with Crippen LogP contribution in [0.4, 0.5) is 18.9 Å². The van der Waals surface area contributed by atoms with E-state index in [0.717, 1.165) is 4.90 Å². The number of carbonyl (C=O) groups is 1. The van der Waals surface area contributed by atoms with Crippen molar-refractivity contribution < 1.29 is 18.0 Å². The standard InChI is InChI=1S/C12H15F3N2O/c1-8-4-3-5-9(16)10(8)11(18)17(2)7-6-12(13,14)15/h3-5H,6-7,16H2,1-2H3. The van der Waals surface area contributed by atoms with Crippen LogP contribution in [0.15, 0.2) is 18.2 Å². The largest absolute Gasteiger partial charge is 0.398 e. The third kappa shape index (κ3) is 3.65. The lowest BCUT2D eigenvalue weighted by Crippen LogP contribution is -2.31. The first kappa shape index (κ1) is 14.3. The van der Waals surface area contributed by atoms with Crippen molar-refractivity contribution in [3.63, 3.8) is 0 Å². The molecule has 0 atom stereocenters. The predicted octanol–water partition coefficient (Wildman–Crippen LogP) is 2.60. The Morgan fingerprint density at radius 2 is 2.00 bits per heavy atom. The van der Waals surface area contributed by atoms with Crippen LogP contribution in [-0.2, 0) is 0 Å². The smallest absolute Gasteiger partial charge is 0.390 e. The molecule has 0 unspecified atom stereocenters. The molecule has 3 nitrogen and oxygen atoms in total. The maximum Gasteiger partial charge on any atom is 0.390 e. The van der Waals surface area contributed by atoms with Gasteiger partial charge < -0.3 is 10.6 Å². The van der Waals surface area contributed by atoms with Gasteiger partial charge in [-0.1, -0.05) is 12.1 Å². The van der Waals surface area contributed by atoms with Gasteiger partial charge in [0.1, 0.15) is 0 Å². The minimum absolute atomic E-state index is 0.266. The fraction of sp³-hybridized carbons (Fsp3) is 0.417. The van der Waals surface area contributed by atoms with Crippen molar-refractivity contribution in [2.24, 2.45) is 0 Å². The van der Waals surface area contributed by atoms with E-state index in [1.54, 1.807) is 25.1 Å². The number of hydrogen-bond donors (Lipinski definition) is 1. The van der Waals surface area contributed by atoms with Gasteiger partial charge in [-0.2, -0.15) is 13.2 Å². The highest BCUT2D eigenvalue weighted by Crippen LogP contribution is 2.22. The highest BCUT2D eigenvalue weighted by Gasteiger charge is 2.28. The summed E-state index contributed by atoms with van der Waals surface area (Å²) in [4.78, 5) is 13.0. The van der Waals surface area contributed by atoms with Gasteiger partial charge in [0, 0.05) is 19.3 Å². The molecule has 100 valence electrons. The Morgan fingerprint density at radius 3 is 2.50 bits per heavy atom. The molecule has 0 aliphatic rings. The van der Waals surface area contributed by atoms with Gasteiger partial charge in [0.25, 0.3) is 5.91 Å². The molecule has 0 radical (unpaired) electrons. The summed E-state index contributed by atoms with van der Waals surface area (Å²) in [6.07, 6.45) is -5.30. The number of nitrogens with two attached hydrogens (primary N) is 1. The maximum atomic E-state index is 12.1. The molecule has 0 saturated carbocycles. The SMILES string of the molecule is Cc1cccc(N)c1C(=O)N(C)CCC(F)(F)F. The van der Waals surface area contributed by atoms with Crippen molar-refractivity contribution in [2.75, 3.05) is 19.3 Å². The number of benzene rings is 1. The van der Waals surface area contributed by atoms with E-state index in [4.69, 9.17) is 5.73 Å². The molecule has 18 heavy (non-hydrogen) atoms. The number of halogens is 3. The molecule has 0 aliphatic carbocycles. The molecule has 1 rings (SSSR count). The number of rotatable bonds is 3. The first-order valence-electron chi connectivity index (χ1n) is 5.39. The third-order valence-corrected chi connectivity index (χ3v) is 2.60. The van der Waals surface area contributed by atoms with Gasteiger partial charge in [0.05, 0.1) is 12.0 Å². The number of amides is 1. The summed E-state index contributed by atoms with van der Waals surface area (Å²) in [5.74, 6) is -0.491. The van der Waals surface area contributed by atoms with E-state index in [0.29, 0.717) is 5.56 Å². The Balaban J connectivity index is 2.81. The van der Waals surface area contributed by atoms with E-state index in [9.17, 15) is 18.0 Å². The minimum atomic E-state index is -4.27. The van der Waals surface area contributed by atoms with E-state index in [1.807, 2.05) is 0 Å². The summed E-state index contributed by atoms with van der Waals surface area (Å²) in [5.41, 5.74) is 6.87. The highest BCUT2D eigenvalue weighted by molar-refractivity contribution is 6.00. The molecular formula is C12H15F3N2O. The Hall–Kier alpha value is -1.72. The Kier molecular flexibility index (Phi) is 4.21. The fourth-order valence-electron chi connectivity index (χ4n) is 1.57. The van der Waals surface area contributed by atoms with Gasteiger partial charge in [-0.3, -0.25) is 4.79 Å². The second-order valence-corrected chi connectivity index (χ2v) is 4.13. The zero-order chi connectivity index (χ0) is 13.9. The summed E-state index contributed by atoms with van der Waals surface area (Å²) >= 11 is 0. The molecule has 2 N–H and O–H groups in total. The molecule has 1 aromatic carbocycles. The number of nitrogens with zero attached hydrogens (tertiary/aromatic N) is 1. The molecule has 1 aromatic rings. The van der Waals surface area contributed by atoms with Crippen molar-refractivity contribution >= 4 is 11.6 Å². The fourth-order valence-corrected chi connectivity index (χ4v) is 1.57. The lowest BCUT2D eigenvalue weighted by molar-refractivity contribution is -0.136. The number of hydrogen-bond acceptors (Lipinski definition) is 2. The van der Waals surface area contributed by atoms with E-state index < -0.39 is 18.5 Å². The van der Waals surface area contributed by atoms with E-state index >= 15 is 0 Å². The summed E-state index contributed by atoms with van der Waals surface area (Å²) < 4.78 is 36.2. The van der Waals surface area contributed by atoms with Crippen LogP contribution in [0.25, 0.3) is 0 Å². The molecule has 0 aliphatic heterocycles. The van der Waals surface area contributed by atoms with Crippen LogP contribution in [0.1, 0.15) is 22.3 Å². The van der Waals surface area contributed by atoms with Crippen LogP contribution in [0.5, 0.6) is 0 Å². The van der Waals surface area contributed by atoms with Gasteiger partial charge in [-0.25, -0.2) is 0 Å². The van der Waals surface area contributed by atoms with Gasteiger partial charge in [-0.15, -0.1) is 0 Å². The maximum absolute atomic E-state index is 12.1. The van der Waals surface area contributed by atoms with Crippen molar-refractivity contribution in [1.82, 2.24) is 4.90 Å². The number of nitrogen functional groups attached to an aromatic ring is 1. The summed E-state index contributed by atoms with van der Waals surface area (Å²) in [6.45, 7) is 1.32. The molecule has 1 amide bonds. The normalized spacial score (nSPS) is 11.4. The third-order valence-electron chi connectivity index (χ3n) is 2.60. The first-order chi connectivity index (χ1) is 8.22. The molecule has 0 aromatic heterocycles. The quantitative estimate of drug-likeness (QED) is 0.849. The van der Waals surface area contributed by atoms with Gasteiger partial charge >= 0.3 is 6.18 Å². The summed E-state index contributed by atoms with van der Waals surface area (Å²) in [6, 6.07) is 4.94. The van der Waals surface area contributed by atoms with Gasteiger partial charge in [-0.05, 0) is 18.6 Å². The highest BCUT2D eigenvalue weighted by atomic mass is 19.4. The molecule has 0 fully saturated rings. The van der Waals surface area contributed by atoms with Crippen LogP contribution in [-0.4, -0.2) is 30.6 Å². The lowest BCUT2D eigenvalue weighted by Gasteiger charge is -2.20. The molecule has 0 spiro atoms. The van der Waals surface area contributed by atoms with Crippen molar-refractivity contribution in [3.8, 4) is 0 Å². The molecule has 0 heterocycles. The predicted molar refractivity (Wildman–Crippen MR) is 63.2 cm³/mol. The molecular weight excluding hydrogens is 245 g/mol. The van der Waals surface area contributed by atoms with Crippen molar-refractivity contribution in [3.05, 3.63) is 29.3 Å². The Morgan fingerprint density at radius 1 is 1.39 bits per heavy atom. The molecule has 6 heteroatoms. The van der Waals surface area contributed by atoms with E-state index in [1.165, 1.54) is 7.05 Å². The van der Waals surface area contributed by atoms with Crippen LogP contribution >= 0.6 is 0 Å². The zero-order valence-corrected chi connectivity index (χ0v) is 10.2. The van der Waals surface area contributed by atoms with Crippen molar-refractivity contribution in [1.29, 1.82) is 0 Å². The minimum Gasteiger partial charge on any atom is -0.398 e. The number of anilines is 1. The molecule has 0 bridgehead atoms. The average molecular weight is 260 g/mol. The zero-order valence-electron chi connectivity index (χ0n) is 10.2. The monoisotopic (exact) mass is 260 g/mol. The Bertz CT molecular complexity index is 423. The van der Waals surface area contributed by atoms with Gasteiger partial charge in [0.2, 0.25) is 0 Å².